The van der Waals surface area contributed by atoms with E-state index in [2.05, 4.69) is 20.9 Å². The van der Waals surface area contributed by atoms with Gasteiger partial charge in [-0.05, 0) is 53.5 Å². The van der Waals surface area contributed by atoms with Crippen LogP contribution in [-0.4, -0.2) is 90.0 Å². The lowest BCUT2D eigenvalue weighted by Gasteiger charge is -2.25. The number of benzene rings is 5. The van der Waals surface area contributed by atoms with Crippen molar-refractivity contribution < 1.29 is 47.7 Å². The summed E-state index contributed by atoms with van der Waals surface area (Å²) in [5.74, 6) is -0.450. The number of nitrogens with two attached hydrogens (primary N) is 1. The number of nitrogens with one attached hydrogen (secondary N) is 3. The summed E-state index contributed by atoms with van der Waals surface area (Å²) >= 11 is 5.81. The molecule has 0 aliphatic rings. The maximum absolute atomic E-state index is 13.5. The van der Waals surface area contributed by atoms with E-state index in [0.29, 0.717) is 19.4 Å². The molecule has 1 atom stereocenters. The monoisotopic (exact) mass is 973 g/mol. The lowest BCUT2D eigenvalue weighted by molar-refractivity contribution is 0.0951. The Balaban J connectivity index is 1.19. The third kappa shape index (κ3) is 20.5. The first-order valence-electron chi connectivity index (χ1n) is 22.8. The van der Waals surface area contributed by atoms with Crippen LogP contribution in [0.1, 0.15) is 53.5 Å². The Morgan fingerprint density at radius 1 is 0.500 bits per heavy atom. The Hall–Kier alpha value is -7.99. The molecule has 17 nitrogen and oxygen atoms in total. The lowest BCUT2D eigenvalue weighted by Crippen LogP contribution is -2.47. The summed E-state index contributed by atoms with van der Waals surface area (Å²) in [6.07, 6.45) is -2.49. The molecule has 0 unspecified atom stereocenters. The predicted molar refractivity (Wildman–Crippen MR) is 267 cm³/mol. The topological polar surface area (TPSA) is 212 Å². The quantitative estimate of drug-likeness (QED) is 0.0150. The molecule has 0 fully saturated rings. The summed E-state index contributed by atoms with van der Waals surface area (Å²) in [7, 11) is 0. The van der Waals surface area contributed by atoms with Crippen molar-refractivity contribution in [2.75, 3.05) is 32.7 Å². The average molecular weight is 974 g/mol. The molecule has 5 rings (SSSR count). The average Bonchev–Trinajstić information content (AvgIpc) is 3.39. The fourth-order valence-corrected chi connectivity index (χ4v) is 6.85. The first-order chi connectivity index (χ1) is 34.1. The first-order valence-corrected chi connectivity index (χ1v) is 23.2. The number of hydrogen-bond donors (Lipinski definition) is 4. The van der Waals surface area contributed by atoms with Crippen LogP contribution < -0.4 is 21.7 Å². The summed E-state index contributed by atoms with van der Waals surface area (Å²) < 4.78 is 27.3. The molecule has 0 aliphatic heterocycles. The van der Waals surface area contributed by atoms with E-state index in [0.717, 1.165) is 32.7 Å². The second-order valence-electron chi connectivity index (χ2n) is 15.6. The van der Waals surface area contributed by atoms with Gasteiger partial charge < -0.3 is 50.3 Å². The van der Waals surface area contributed by atoms with Crippen molar-refractivity contribution in [3.05, 3.63) is 179 Å². The van der Waals surface area contributed by atoms with E-state index in [9.17, 15) is 24.0 Å². The van der Waals surface area contributed by atoms with Gasteiger partial charge in [0, 0.05) is 32.7 Å². The molecular weight excluding hydrogens is 915 g/mol. The maximum atomic E-state index is 13.5. The van der Waals surface area contributed by atoms with Crippen LogP contribution >= 0.6 is 12.2 Å². The van der Waals surface area contributed by atoms with Gasteiger partial charge in [0.25, 0.3) is 0 Å². The molecule has 18 heteroatoms. The molecule has 5 aromatic rings. The molecular formula is C52H59N7O10S. The summed E-state index contributed by atoms with van der Waals surface area (Å²) in [4.78, 5) is 71.8. The van der Waals surface area contributed by atoms with Gasteiger partial charge in [-0.2, -0.15) is 0 Å². The van der Waals surface area contributed by atoms with E-state index in [1.54, 1.807) is 53.4 Å². The minimum atomic E-state index is -1.01. The highest BCUT2D eigenvalue weighted by Crippen LogP contribution is 2.11. The Morgan fingerprint density at radius 3 is 1.37 bits per heavy atom. The Labute approximate surface area is 413 Å². The summed E-state index contributed by atoms with van der Waals surface area (Å²) in [6.45, 7) is 1.09. The van der Waals surface area contributed by atoms with Crippen LogP contribution in [0.15, 0.2) is 157 Å². The molecule has 0 heterocycles. The first kappa shape index (κ1) is 53.0. The Bertz CT molecular complexity index is 2400. The molecule has 0 saturated heterocycles. The number of hydrogen-bond acceptors (Lipinski definition) is 11. The van der Waals surface area contributed by atoms with Crippen LogP contribution in [0.3, 0.4) is 0 Å². The molecule has 368 valence electrons. The zero-order chi connectivity index (χ0) is 49.6. The van der Waals surface area contributed by atoms with Gasteiger partial charge in [-0.1, -0.05) is 164 Å². The van der Waals surface area contributed by atoms with Crippen LogP contribution in [0.4, 0.5) is 24.0 Å². The third-order valence-corrected chi connectivity index (χ3v) is 10.7. The highest BCUT2D eigenvalue weighted by molar-refractivity contribution is 7.80. The van der Waals surface area contributed by atoms with Gasteiger partial charge in [0.15, 0.2) is 0 Å². The van der Waals surface area contributed by atoms with Crippen LogP contribution in [0.2, 0.25) is 0 Å². The SMILES string of the molecule is N/C(=N\C(=O)OCc1ccccc1)N(CCC[C@H](NC(=O)OCc1ccccc1)C(=S)NCCCN(CCCNC(=O)OCc1ccccc1)C(=O)OCc1ccccc1)C(=O)OCc1ccccc1. The summed E-state index contributed by atoms with van der Waals surface area (Å²) in [5.41, 5.74) is 10.2. The molecule has 0 aliphatic carbocycles. The van der Waals surface area contributed by atoms with Crippen molar-refractivity contribution in [1.82, 2.24) is 25.8 Å². The molecule has 5 N–H and O–H groups in total. The van der Waals surface area contributed by atoms with Crippen molar-refractivity contribution in [3.63, 3.8) is 0 Å². The zero-order valence-corrected chi connectivity index (χ0v) is 39.6. The van der Waals surface area contributed by atoms with Crippen molar-refractivity contribution in [3.8, 4) is 0 Å². The van der Waals surface area contributed by atoms with Crippen LogP contribution in [0.25, 0.3) is 0 Å². The predicted octanol–water partition coefficient (Wildman–Crippen LogP) is 8.61. The maximum Gasteiger partial charge on any atom is 0.437 e. The van der Waals surface area contributed by atoms with Gasteiger partial charge in [0.1, 0.15) is 33.0 Å². The van der Waals surface area contributed by atoms with E-state index >= 15 is 0 Å². The van der Waals surface area contributed by atoms with E-state index in [1.165, 1.54) is 0 Å². The highest BCUT2D eigenvalue weighted by Gasteiger charge is 2.24. The molecule has 0 spiro atoms. The van der Waals surface area contributed by atoms with Crippen LogP contribution in [0.5, 0.6) is 0 Å². The second-order valence-corrected chi connectivity index (χ2v) is 16.1. The number of carbonyl (C=O) groups is 5. The molecule has 0 saturated carbocycles. The van der Waals surface area contributed by atoms with Gasteiger partial charge in [0.2, 0.25) is 5.96 Å². The number of ether oxygens (including phenoxy) is 5. The molecule has 0 aromatic heterocycles. The van der Waals surface area contributed by atoms with Crippen molar-refractivity contribution in [2.45, 2.75) is 64.8 Å². The number of guanidine groups is 1. The summed E-state index contributed by atoms with van der Waals surface area (Å²) in [5, 5.41) is 8.75. The van der Waals surface area contributed by atoms with E-state index in [-0.39, 0.29) is 77.0 Å². The molecule has 5 amide bonds. The van der Waals surface area contributed by atoms with Crippen molar-refractivity contribution >= 4 is 53.6 Å². The number of aliphatic imine (C=N–C) groups is 1. The number of nitrogens with zero attached hydrogens (tertiary/aromatic N) is 3. The lowest BCUT2D eigenvalue weighted by atomic mass is 10.1. The largest absolute Gasteiger partial charge is 0.445 e. The van der Waals surface area contributed by atoms with Crippen LogP contribution in [0, 0.1) is 0 Å². The van der Waals surface area contributed by atoms with Crippen molar-refractivity contribution in [2.24, 2.45) is 10.7 Å². The van der Waals surface area contributed by atoms with Crippen molar-refractivity contribution in [1.29, 1.82) is 0 Å². The van der Waals surface area contributed by atoms with E-state index < -0.39 is 42.5 Å². The summed E-state index contributed by atoms with van der Waals surface area (Å²) in [6, 6.07) is 45.0. The van der Waals surface area contributed by atoms with Gasteiger partial charge in [-0.15, -0.1) is 4.99 Å². The molecule has 0 bridgehead atoms. The number of thiocarbonyl (C=S) groups is 1. The fourth-order valence-electron chi connectivity index (χ4n) is 6.58. The highest BCUT2D eigenvalue weighted by atomic mass is 32.1. The minimum absolute atomic E-state index is 0.00852. The van der Waals surface area contributed by atoms with Gasteiger partial charge in [-0.3, -0.25) is 0 Å². The third-order valence-electron chi connectivity index (χ3n) is 10.3. The normalized spacial score (nSPS) is 11.2. The number of carbonyl (C=O) groups excluding carboxylic acids is 5. The number of alkyl carbamates (subject to hydrolysis) is 2. The van der Waals surface area contributed by atoms with Crippen LogP contribution in [-0.2, 0) is 56.7 Å². The molecule has 70 heavy (non-hydrogen) atoms. The zero-order valence-electron chi connectivity index (χ0n) is 38.8. The minimum Gasteiger partial charge on any atom is -0.445 e. The van der Waals surface area contributed by atoms with E-state index in [4.69, 9.17) is 41.6 Å². The Kier molecular flexibility index (Phi) is 23.0. The molecule has 0 radical (unpaired) electrons. The van der Waals surface area contributed by atoms with Gasteiger partial charge >= 0.3 is 30.5 Å². The molecule has 5 aromatic carbocycles. The smallest absolute Gasteiger partial charge is 0.437 e. The fraction of sp³-hybridized carbons (Fsp3) is 0.288. The number of rotatable bonds is 24. The standard InChI is InChI=1S/C52H59N7O10S/c53-47(57-50(62)67-37-42-23-10-3-11-24-42)59(52(64)69-39-44-27-14-5-15-28-44)34-16-29-45(56-49(61)66-36-41-21-8-2-9-22-41)46(70)54-30-17-32-58(51(63)68-38-43-25-12-4-13-26-43)33-18-31-55-48(60)65-35-40-19-6-1-7-20-40/h1-15,19-28,45H,16-18,29-39H2,(H,54,70)(H,55,60)(H,56,61)(H2,53,57,62)/t45-/m0/s1. The van der Waals surface area contributed by atoms with Gasteiger partial charge in [-0.25, -0.2) is 28.9 Å². The number of amides is 5. The van der Waals surface area contributed by atoms with E-state index in [1.807, 2.05) is 103 Å². The second kappa shape index (κ2) is 30.4. The van der Waals surface area contributed by atoms with Gasteiger partial charge in [0.05, 0.1) is 11.0 Å². The Morgan fingerprint density at radius 2 is 0.900 bits per heavy atom.